The van der Waals surface area contributed by atoms with Crippen molar-refractivity contribution in [3.8, 4) is 5.75 Å². The standard InChI is InChI=1S/C17H17ClN2O3/c1-20-9-16(23-10-11-4-2-3-5-13(11)18)15(21)8-14(20)17(22)19-12-6-7-12/h2-5,8-9,12H,6-7,10H2,1H3,(H,19,22). The summed E-state index contributed by atoms with van der Waals surface area (Å²) in [4.78, 5) is 24.2. The van der Waals surface area contributed by atoms with Crippen LogP contribution in [0.5, 0.6) is 5.75 Å². The molecule has 1 aromatic heterocycles. The number of benzene rings is 1. The van der Waals surface area contributed by atoms with Gasteiger partial charge in [-0.25, -0.2) is 0 Å². The molecule has 23 heavy (non-hydrogen) atoms. The van der Waals surface area contributed by atoms with E-state index in [4.69, 9.17) is 16.3 Å². The first kappa shape index (κ1) is 15.6. The highest BCUT2D eigenvalue weighted by atomic mass is 35.5. The fourth-order valence-corrected chi connectivity index (χ4v) is 2.39. The van der Waals surface area contributed by atoms with E-state index in [0.717, 1.165) is 18.4 Å². The molecular formula is C17H17ClN2O3. The van der Waals surface area contributed by atoms with Crippen molar-refractivity contribution in [2.45, 2.75) is 25.5 Å². The predicted octanol–water partition coefficient (Wildman–Crippen LogP) is 2.51. The molecule has 0 bridgehead atoms. The first-order valence-corrected chi connectivity index (χ1v) is 7.80. The second-order valence-corrected chi connectivity index (χ2v) is 6.03. The van der Waals surface area contributed by atoms with Gasteiger partial charge >= 0.3 is 0 Å². The largest absolute Gasteiger partial charge is 0.483 e. The van der Waals surface area contributed by atoms with Gasteiger partial charge in [0.05, 0.1) is 6.20 Å². The summed E-state index contributed by atoms with van der Waals surface area (Å²) < 4.78 is 7.16. The number of carbonyl (C=O) groups excluding carboxylic acids is 1. The Morgan fingerprint density at radius 1 is 1.39 bits per heavy atom. The molecule has 1 aromatic carbocycles. The molecule has 6 heteroatoms. The van der Waals surface area contributed by atoms with E-state index >= 15 is 0 Å². The summed E-state index contributed by atoms with van der Waals surface area (Å²) >= 11 is 6.07. The van der Waals surface area contributed by atoms with E-state index < -0.39 is 0 Å². The van der Waals surface area contributed by atoms with Gasteiger partial charge in [-0.3, -0.25) is 9.59 Å². The summed E-state index contributed by atoms with van der Waals surface area (Å²) in [6, 6.07) is 8.84. The van der Waals surface area contributed by atoms with Gasteiger partial charge < -0.3 is 14.6 Å². The van der Waals surface area contributed by atoms with Crippen LogP contribution in [0.4, 0.5) is 0 Å². The molecule has 0 aliphatic heterocycles. The van der Waals surface area contributed by atoms with Crippen molar-refractivity contribution >= 4 is 17.5 Å². The molecule has 0 unspecified atom stereocenters. The Morgan fingerprint density at radius 3 is 2.83 bits per heavy atom. The third-order valence-electron chi connectivity index (χ3n) is 3.69. The van der Waals surface area contributed by atoms with Crippen LogP contribution in [0.25, 0.3) is 0 Å². The summed E-state index contributed by atoms with van der Waals surface area (Å²) in [6.45, 7) is 0.197. The van der Waals surface area contributed by atoms with Crippen molar-refractivity contribution in [3.63, 3.8) is 0 Å². The van der Waals surface area contributed by atoms with Gasteiger partial charge in [0.25, 0.3) is 5.91 Å². The maximum Gasteiger partial charge on any atom is 0.268 e. The average molecular weight is 333 g/mol. The third kappa shape index (κ3) is 3.74. The van der Waals surface area contributed by atoms with Crippen molar-refractivity contribution < 1.29 is 9.53 Å². The van der Waals surface area contributed by atoms with E-state index in [0.29, 0.717) is 10.7 Å². The van der Waals surface area contributed by atoms with Crippen LogP contribution in [0, 0.1) is 0 Å². The lowest BCUT2D eigenvalue weighted by Gasteiger charge is -2.12. The molecule has 0 saturated heterocycles. The number of pyridine rings is 1. The molecule has 1 amide bonds. The Labute approximate surface area is 138 Å². The number of hydrogen-bond donors (Lipinski definition) is 1. The Morgan fingerprint density at radius 2 is 2.13 bits per heavy atom. The molecule has 1 fully saturated rings. The highest BCUT2D eigenvalue weighted by molar-refractivity contribution is 6.31. The minimum atomic E-state index is -0.323. The van der Waals surface area contributed by atoms with Crippen LogP contribution in [-0.2, 0) is 13.7 Å². The predicted molar refractivity (Wildman–Crippen MR) is 88.0 cm³/mol. The number of halogens is 1. The quantitative estimate of drug-likeness (QED) is 0.915. The maximum atomic E-state index is 12.2. The minimum absolute atomic E-state index is 0.190. The number of amides is 1. The van der Waals surface area contributed by atoms with Crippen molar-refractivity contribution in [2.75, 3.05) is 0 Å². The molecule has 0 atom stereocenters. The summed E-state index contributed by atoms with van der Waals surface area (Å²) in [6.07, 6.45) is 3.53. The van der Waals surface area contributed by atoms with E-state index in [1.807, 2.05) is 18.2 Å². The van der Waals surface area contributed by atoms with Crippen LogP contribution in [-0.4, -0.2) is 16.5 Å². The smallest absolute Gasteiger partial charge is 0.268 e. The van der Waals surface area contributed by atoms with Crippen molar-refractivity contribution in [1.82, 2.24) is 9.88 Å². The van der Waals surface area contributed by atoms with E-state index in [-0.39, 0.29) is 29.7 Å². The molecule has 5 nitrogen and oxygen atoms in total. The van der Waals surface area contributed by atoms with Gasteiger partial charge in [0.15, 0.2) is 5.75 Å². The van der Waals surface area contributed by atoms with Gasteiger partial charge in [0, 0.05) is 29.7 Å². The van der Waals surface area contributed by atoms with E-state index in [1.165, 1.54) is 12.3 Å². The van der Waals surface area contributed by atoms with Crippen LogP contribution in [0.1, 0.15) is 28.9 Å². The van der Waals surface area contributed by atoms with Gasteiger partial charge in [0.1, 0.15) is 12.3 Å². The van der Waals surface area contributed by atoms with Crippen LogP contribution >= 0.6 is 11.6 Å². The number of rotatable bonds is 5. The average Bonchev–Trinajstić information content (AvgIpc) is 3.33. The highest BCUT2D eigenvalue weighted by Gasteiger charge is 2.25. The highest BCUT2D eigenvalue weighted by Crippen LogP contribution is 2.20. The fraction of sp³-hybridized carbons (Fsp3) is 0.294. The number of hydrogen-bond acceptors (Lipinski definition) is 3. The van der Waals surface area contributed by atoms with E-state index in [9.17, 15) is 9.59 Å². The SMILES string of the molecule is Cn1cc(OCc2ccccc2Cl)c(=O)cc1C(=O)NC1CC1. The van der Waals surface area contributed by atoms with Gasteiger partial charge in [-0.1, -0.05) is 29.8 Å². The molecule has 0 spiro atoms. The van der Waals surface area contributed by atoms with Gasteiger partial charge in [-0.2, -0.15) is 0 Å². The summed E-state index contributed by atoms with van der Waals surface area (Å²) in [5.74, 6) is -0.0415. The molecule has 2 aromatic rings. The lowest BCUT2D eigenvalue weighted by molar-refractivity contribution is 0.0942. The Hall–Kier alpha value is -2.27. The summed E-state index contributed by atoms with van der Waals surface area (Å²) in [5.41, 5.74) is 0.801. The normalized spacial score (nSPS) is 13.7. The number of ether oxygens (including phenoxy) is 1. The van der Waals surface area contributed by atoms with Crippen LogP contribution in [0.2, 0.25) is 5.02 Å². The van der Waals surface area contributed by atoms with E-state index in [1.54, 1.807) is 17.7 Å². The first-order valence-electron chi connectivity index (χ1n) is 7.42. The zero-order valence-corrected chi connectivity index (χ0v) is 13.5. The molecule has 1 N–H and O–H groups in total. The number of nitrogens with zero attached hydrogens (tertiary/aromatic N) is 1. The van der Waals surface area contributed by atoms with E-state index in [2.05, 4.69) is 5.32 Å². The summed E-state index contributed by atoms with van der Waals surface area (Å²) in [5, 5.41) is 3.45. The van der Waals surface area contributed by atoms with Gasteiger partial charge in [0.2, 0.25) is 5.43 Å². The Kier molecular flexibility index (Phi) is 4.39. The van der Waals surface area contributed by atoms with Gasteiger partial charge in [-0.15, -0.1) is 0 Å². The number of aromatic nitrogens is 1. The van der Waals surface area contributed by atoms with Crippen LogP contribution < -0.4 is 15.5 Å². The number of nitrogens with one attached hydrogen (secondary N) is 1. The van der Waals surface area contributed by atoms with Crippen LogP contribution in [0.15, 0.2) is 41.3 Å². The Bertz CT molecular complexity index is 797. The lowest BCUT2D eigenvalue weighted by atomic mass is 10.2. The number of carbonyl (C=O) groups is 1. The monoisotopic (exact) mass is 332 g/mol. The minimum Gasteiger partial charge on any atom is -0.483 e. The van der Waals surface area contributed by atoms with Crippen LogP contribution in [0.3, 0.4) is 0 Å². The molecule has 3 rings (SSSR count). The Balaban J connectivity index is 1.75. The molecule has 1 aliphatic carbocycles. The second kappa shape index (κ2) is 6.46. The zero-order chi connectivity index (χ0) is 16.4. The summed E-state index contributed by atoms with van der Waals surface area (Å²) in [7, 11) is 1.71. The topological polar surface area (TPSA) is 60.3 Å². The second-order valence-electron chi connectivity index (χ2n) is 5.63. The third-order valence-corrected chi connectivity index (χ3v) is 4.06. The van der Waals surface area contributed by atoms with Crippen molar-refractivity contribution in [2.24, 2.45) is 7.05 Å². The number of aryl methyl sites for hydroxylation is 1. The molecule has 1 aliphatic rings. The molecule has 120 valence electrons. The van der Waals surface area contributed by atoms with Crippen molar-refractivity contribution in [3.05, 3.63) is 63.0 Å². The molecular weight excluding hydrogens is 316 g/mol. The first-order chi connectivity index (χ1) is 11.0. The fourth-order valence-electron chi connectivity index (χ4n) is 2.20. The maximum absolute atomic E-state index is 12.2. The zero-order valence-electron chi connectivity index (χ0n) is 12.7. The molecule has 0 radical (unpaired) electrons. The lowest BCUT2D eigenvalue weighted by Crippen LogP contribution is -2.29. The molecule has 1 saturated carbocycles. The van der Waals surface area contributed by atoms with Crippen molar-refractivity contribution in [1.29, 1.82) is 0 Å². The molecule has 1 heterocycles. The van der Waals surface area contributed by atoms with Gasteiger partial charge in [-0.05, 0) is 18.9 Å².